The quantitative estimate of drug-likeness (QED) is 0.398. The molecule has 0 aliphatic heterocycles. The fourth-order valence-corrected chi connectivity index (χ4v) is 0. The van der Waals surface area contributed by atoms with Gasteiger partial charge in [-0.05, 0) is 6.92 Å². The maximum absolute atomic E-state index is 9.34. The van der Waals surface area contributed by atoms with Gasteiger partial charge in [-0.3, -0.25) is 0 Å². The van der Waals surface area contributed by atoms with Crippen LogP contribution in [0.25, 0.3) is 0 Å². The molecule has 0 radical (unpaired) electrons. The molecule has 0 aromatic carbocycles. The third-order valence-electron chi connectivity index (χ3n) is 1.46. The second kappa shape index (κ2) is 5.90. The lowest BCUT2D eigenvalue weighted by Crippen LogP contribution is -2.42. The zero-order valence-corrected chi connectivity index (χ0v) is 8.81. The predicted octanol–water partition coefficient (Wildman–Crippen LogP) is -1.85. The maximum atomic E-state index is 9.34. The number of quaternary nitrogens is 1. The van der Waals surface area contributed by atoms with Gasteiger partial charge in [-0.2, -0.15) is 0 Å². The number of aliphatic carboxylic acids is 1. The maximum Gasteiger partial charge on any atom is 0.187 e. The first-order chi connectivity index (χ1) is 5.59. The molecular weight excluding hydrogens is 174 g/mol. The van der Waals surface area contributed by atoms with Crippen LogP contribution in [-0.2, 0) is 4.79 Å². The number of carbonyl (C=O) groups excluding carboxylic acids is 1. The molecule has 0 aromatic rings. The lowest BCUT2D eigenvalue weighted by atomic mass is 10.4. The van der Waals surface area contributed by atoms with E-state index in [-0.39, 0.29) is 6.23 Å². The van der Waals surface area contributed by atoms with E-state index in [9.17, 15) is 9.90 Å². The average Bonchev–Trinajstić information content (AvgIpc) is 1.86. The van der Waals surface area contributed by atoms with Gasteiger partial charge in [0.2, 0.25) is 0 Å². The summed E-state index contributed by atoms with van der Waals surface area (Å²) >= 11 is 0. The lowest BCUT2D eigenvalue weighted by Gasteiger charge is -2.26. The molecule has 0 aliphatic rings. The van der Waals surface area contributed by atoms with E-state index in [1.165, 1.54) is 0 Å². The van der Waals surface area contributed by atoms with Crippen molar-refractivity contribution < 1.29 is 24.6 Å². The molecule has 13 heavy (non-hydrogen) atoms. The SMILES string of the molecule is CC(O)C(=O)[O-].CC(O)[N+](C)(C)C. The van der Waals surface area contributed by atoms with Gasteiger partial charge in [0.25, 0.3) is 0 Å². The molecule has 0 aliphatic carbocycles. The largest absolute Gasteiger partial charge is 0.547 e. The number of aliphatic hydroxyl groups excluding tert-OH is 2. The van der Waals surface area contributed by atoms with Gasteiger partial charge in [-0.1, -0.05) is 0 Å². The van der Waals surface area contributed by atoms with Crippen LogP contribution in [0.4, 0.5) is 0 Å². The van der Waals surface area contributed by atoms with Crippen molar-refractivity contribution in [3.05, 3.63) is 0 Å². The number of carboxylic acids is 1. The van der Waals surface area contributed by atoms with Crippen LogP contribution in [0.5, 0.6) is 0 Å². The first-order valence-electron chi connectivity index (χ1n) is 3.97. The summed E-state index contributed by atoms with van der Waals surface area (Å²) in [6.45, 7) is 2.91. The third-order valence-corrected chi connectivity index (χ3v) is 1.46. The molecule has 0 amide bonds. The number of carboxylic acid groups (broad SMARTS) is 1. The molecule has 5 heteroatoms. The van der Waals surface area contributed by atoms with Crippen LogP contribution in [0, 0.1) is 0 Å². The number of carbonyl (C=O) groups is 1. The monoisotopic (exact) mass is 193 g/mol. The normalized spacial score (nSPS) is 15.3. The van der Waals surface area contributed by atoms with E-state index in [2.05, 4.69) is 0 Å². The van der Waals surface area contributed by atoms with Gasteiger partial charge < -0.3 is 24.6 Å². The Morgan fingerprint density at radius 1 is 1.23 bits per heavy atom. The number of hydrogen-bond donors (Lipinski definition) is 2. The zero-order valence-electron chi connectivity index (χ0n) is 8.81. The first kappa shape index (κ1) is 14.9. The Kier molecular flexibility index (Phi) is 6.75. The van der Waals surface area contributed by atoms with E-state index in [0.29, 0.717) is 4.48 Å². The van der Waals surface area contributed by atoms with Gasteiger partial charge in [0, 0.05) is 6.92 Å². The average molecular weight is 193 g/mol. The van der Waals surface area contributed by atoms with Crippen molar-refractivity contribution in [2.24, 2.45) is 0 Å². The fourth-order valence-electron chi connectivity index (χ4n) is 0. The van der Waals surface area contributed by atoms with Crippen LogP contribution in [0.2, 0.25) is 0 Å². The van der Waals surface area contributed by atoms with E-state index in [1.807, 2.05) is 21.1 Å². The Hall–Kier alpha value is -0.650. The summed E-state index contributed by atoms with van der Waals surface area (Å²) in [5.41, 5.74) is 0. The lowest BCUT2D eigenvalue weighted by molar-refractivity contribution is -0.916. The molecule has 2 unspecified atom stereocenters. The highest BCUT2D eigenvalue weighted by Crippen LogP contribution is 1.94. The molecule has 0 saturated carbocycles. The fraction of sp³-hybridized carbons (Fsp3) is 0.875. The van der Waals surface area contributed by atoms with Crippen molar-refractivity contribution in [2.75, 3.05) is 21.1 Å². The van der Waals surface area contributed by atoms with E-state index in [1.54, 1.807) is 6.92 Å². The van der Waals surface area contributed by atoms with Gasteiger partial charge in [0.05, 0.1) is 33.2 Å². The van der Waals surface area contributed by atoms with Crippen LogP contribution in [-0.4, -0.2) is 54.1 Å². The highest BCUT2D eigenvalue weighted by atomic mass is 16.4. The highest BCUT2D eigenvalue weighted by molar-refractivity contribution is 5.68. The van der Waals surface area contributed by atoms with Crippen molar-refractivity contribution in [1.82, 2.24) is 0 Å². The van der Waals surface area contributed by atoms with Gasteiger partial charge in [-0.25, -0.2) is 0 Å². The third kappa shape index (κ3) is 11.3. The molecular formula is C8H19NO4. The number of hydrogen-bond acceptors (Lipinski definition) is 4. The predicted molar refractivity (Wildman–Crippen MR) is 46.4 cm³/mol. The summed E-state index contributed by atoms with van der Waals surface area (Å²) in [5.74, 6) is -1.44. The summed E-state index contributed by atoms with van der Waals surface area (Å²) in [7, 11) is 5.85. The van der Waals surface area contributed by atoms with Crippen molar-refractivity contribution in [3.8, 4) is 0 Å². The summed E-state index contributed by atoms with van der Waals surface area (Å²) in [6.07, 6.45) is -1.61. The molecule has 2 N–H and O–H groups in total. The van der Waals surface area contributed by atoms with Crippen LogP contribution in [0.1, 0.15) is 13.8 Å². The van der Waals surface area contributed by atoms with E-state index in [4.69, 9.17) is 10.2 Å². The van der Waals surface area contributed by atoms with Crippen LogP contribution >= 0.6 is 0 Å². The van der Waals surface area contributed by atoms with E-state index < -0.39 is 12.1 Å². The Morgan fingerprint density at radius 2 is 1.38 bits per heavy atom. The Labute approximate surface area is 78.8 Å². The van der Waals surface area contributed by atoms with Gasteiger partial charge in [0.1, 0.15) is 0 Å². The summed E-state index contributed by atoms with van der Waals surface area (Å²) in [6, 6.07) is 0. The smallest absolute Gasteiger partial charge is 0.187 e. The number of nitrogens with zero attached hydrogens (tertiary/aromatic N) is 1. The van der Waals surface area contributed by atoms with Gasteiger partial charge in [-0.15, -0.1) is 0 Å². The standard InChI is InChI=1S/C5H14NO.C3H6O3/c1-5(7)6(2,3)4;1-2(4)3(5)6/h5,7H,1-4H3;2,4H,1H3,(H,5,6)/q+1;/p-1. The van der Waals surface area contributed by atoms with E-state index >= 15 is 0 Å². The first-order valence-corrected chi connectivity index (χ1v) is 3.97. The van der Waals surface area contributed by atoms with Crippen LogP contribution < -0.4 is 5.11 Å². The van der Waals surface area contributed by atoms with Crippen molar-refractivity contribution in [3.63, 3.8) is 0 Å². The Bertz CT molecular complexity index is 149. The Balaban J connectivity index is 0. The Morgan fingerprint density at radius 3 is 1.38 bits per heavy atom. The molecule has 0 rings (SSSR count). The van der Waals surface area contributed by atoms with Crippen molar-refractivity contribution >= 4 is 5.97 Å². The molecule has 5 nitrogen and oxygen atoms in total. The number of aliphatic hydroxyl groups is 2. The van der Waals surface area contributed by atoms with E-state index in [0.717, 1.165) is 6.92 Å². The summed E-state index contributed by atoms with van der Waals surface area (Å²) in [4.78, 5) is 9.34. The van der Waals surface area contributed by atoms with Crippen molar-refractivity contribution in [2.45, 2.75) is 26.2 Å². The second-order valence-corrected chi connectivity index (χ2v) is 3.74. The molecule has 0 heterocycles. The topological polar surface area (TPSA) is 80.6 Å². The van der Waals surface area contributed by atoms with Crippen LogP contribution in [0.15, 0.2) is 0 Å². The molecule has 0 saturated heterocycles. The summed E-state index contributed by atoms with van der Waals surface area (Å²) in [5, 5.41) is 26.2. The minimum Gasteiger partial charge on any atom is -0.547 e. The molecule has 80 valence electrons. The second-order valence-electron chi connectivity index (χ2n) is 3.74. The van der Waals surface area contributed by atoms with Crippen molar-refractivity contribution in [1.29, 1.82) is 0 Å². The molecule has 0 aromatic heterocycles. The molecule has 2 atom stereocenters. The number of rotatable bonds is 2. The highest BCUT2D eigenvalue weighted by Gasteiger charge is 2.12. The van der Waals surface area contributed by atoms with Crippen LogP contribution in [0.3, 0.4) is 0 Å². The molecule has 0 spiro atoms. The zero-order chi connectivity index (χ0) is 11.2. The minimum atomic E-state index is -1.44. The minimum absolute atomic E-state index is 0.264. The van der Waals surface area contributed by atoms with Gasteiger partial charge in [0.15, 0.2) is 6.23 Å². The molecule has 0 bridgehead atoms. The molecule has 0 fully saturated rings. The summed E-state index contributed by atoms with van der Waals surface area (Å²) < 4.78 is 0.611. The van der Waals surface area contributed by atoms with Gasteiger partial charge >= 0.3 is 0 Å².